The number of esters is 3. The van der Waals surface area contributed by atoms with Crippen LogP contribution in [0.2, 0.25) is 0 Å². The number of hydrogen-bond acceptors (Lipinski definition) is 10. The third-order valence-electron chi connectivity index (χ3n) is 5.03. The van der Waals surface area contributed by atoms with Crippen LogP contribution in [0.1, 0.15) is 41.0 Å². The van der Waals surface area contributed by atoms with Crippen molar-refractivity contribution in [3.63, 3.8) is 0 Å². The minimum atomic E-state index is -1.32. The average molecular weight is 498 g/mol. The fourth-order valence-corrected chi connectivity index (χ4v) is 5.07. The maximum Gasteiger partial charge on any atom is 0.303 e. The van der Waals surface area contributed by atoms with Crippen LogP contribution in [-0.2, 0) is 38.1 Å². The molecule has 2 N–H and O–H groups in total. The second kappa shape index (κ2) is 12.2. The summed E-state index contributed by atoms with van der Waals surface area (Å²) in [5.74, 6) is -2.33. The third-order valence-corrected chi connectivity index (χ3v) is 6.30. The highest BCUT2D eigenvalue weighted by molar-refractivity contribution is 8.00. The Bertz CT molecular complexity index is 862. The van der Waals surface area contributed by atoms with E-state index in [0.29, 0.717) is 0 Å². The van der Waals surface area contributed by atoms with Crippen molar-refractivity contribution < 1.29 is 43.2 Å². The molecule has 1 heterocycles. The molecule has 1 aliphatic heterocycles. The Morgan fingerprint density at radius 3 is 2.21 bits per heavy atom. The SMILES string of the molecule is CC(=O)N[C@H]1[C@H]([C@H](OC(C)=O)[C@@H](C)OC(C)=O)OC(CO)(Sc2ccccc2)C[C@@H]1OC(C)=O. The minimum absolute atomic E-state index is 0.0266. The largest absolute Gasteiger partial charge is 0.460 e. The number of benzene rings is 1. The number of nitrogens with one attached hydrogen (secondary N) is 1. The molecule has 1 saturated heterocycles. The second-order valence-electron chi connectivity index (χ2n) is 8.03. The number of aliphatic hydroxyl groups excluding tert-OH is 1. The van der Waals surface area contributed by atoms with Gasteiger partial charge in [0.05, 0.1) is 12.6 Å². The predicted octanol–water partition coefficient (Wildman–Crippen LogP) is 1.58. The zero-order valence-corrected chi connectivity index (χ0v) is 20.6. The van der Waals surface area contributed by atoms with Crippen molar-refractivity contribution in [2.75, 3.05) is 6.61 Å². The molecule has 1 fully saturated rings. The lowest BCUT2D eigenvalue weighted by atomic mass is 9.89. The highest BCUT2D eigenvalue weighted by atomic mass is 32.2. The van der Waals surface area contributed by atoms with Crippen LogP contribution in [0.15, 0.2) is 35.2 Å². The van der Waals surface area contributed by atoms with Gasteiger partial charge in [-0.25, -0.2) is 0 Å². The van der Waals surface area contributed by atoms with Gasteiger partial charge < -0.3 is 29.4 Å². The molecule has 0 aromatic heterocycles. The highest BCUT2D eigenvalue weighted by Crippen LogP contribution is 2.44. The predicted molar refractivity (Wildman–Crippen MR) is 122 cm³/mol. The minimum Gasteiger partial charge on any atom is -0.460 e. The van der Waals surface area contributed by atoms with Crippen LogP contribution in [0.25, 0.3) is 0 Å². The zero-order chi connectivity index (χ0) is 25.5. The normalized spacial score (nSPS) is 26.0. The third kappa shape index (κ3) is 7.71. The van der Waals surface area contributed by atoms with E-state index in [9.17, 15) is 24.3 Å². The number of aliphatic hydroxyl groups is 1. The molecule has 0 radical (unpaired) electrons. The molecule has 0 spiro atoms. The number of amides is 1. The summed E-state index contributed by atoms with van der Waals surface area (Å²) in [5, 5.41) is 13.1. The molecule has 11 heteroatoms. The molecule has 188 valence electrons. The molecule has 6 atom stereocenters. The number of ether oxygens (including phenoxy) is 4. The molecule has 1 aromatic carbocycles. The smallest absolute Gasteiger partial charge is 0.303 e. The van der Waals surface area contributed by atoms with Gasteiger partial charge in [-0.1, -0.05) is 30.0 Å². The van der Waals surface area contributed by atoms with Gasteiger partial charge >= 0.3 is 17.9 Å². The molecule has 0 aliphatic carbocycles. The van der Waals surface area contributed by atoms with Gasteiger partial charge in [-0.2, -0.15) is 0 Å². The molecule has 2 rings (SSSR count). The van der Waals surface area contributed by atoms with Crippen molar-refractivity contribution in [3.05, 3.63) is 30.3 Å². The number of carbonyl (C=O) groups is 4. The van der Waals surface area contributed by atoms with Crippen molar-refractivity contribution >= 4 is 35.6 Å². The second-order valence-corrected chi connectivity index (χ2v) is 9.45. The quantitative estimate of drug-likeness (QED) is 0.382. The Labute approximate surface area is 202 Å². The lowest BCUT2D eigenvalue weighted by molar-refractivity contribution is -0.218. The van der Waals surface area contributed by atoms with Crippen LogP contribution in [0.4, 0.5) is 0 Å². The average Bonchev–Trinajstić information content (AvgIpc) is 2.73. The number of carbonyl (C=O) groups excluding carboxylic acids is 4. The Kier molecular flexibility index (Phi) is 9.90. The first kappa shape index (κ1) is 27.6. The van der Waals surface area contributed by atoms with E-state index in [1.807, 2.05) is 30.3 Å². The van der Waals surface area contributed by atoms with Crippen molar-refractivity contribution in [1.82, 2.24) is 5.32 Å². The maximum atomic E-state index is 12.0. The van der Waals surface area contributed by atoms with E-state index in [0.717, 1.165) is 4.90 Å². The van der Waals surface area contributed by atoms with E-state index in [1.54, 1.807) is 0 Å². The summed E-state index contributed by atoms with van der Waals surface area (Å²) < 4.78 is 22.6. The van der Waals surface area contributed by atoms with Crippen molar-refractivity contribution in [2.45, 2.75) is 81.3 Å². The van der Waals surface area contributed by atoms with Crippen molar-refractivity contribution in [3.8, 4) is 0 Å². The first-order valence-electron chi connectivity index (χ1n) is 10.8. The van der Waals surface area contributed by atoms with Crippen LogP contribution in [-0.4, -0.2) is 70.9 Å². The zero-order valence-electron chi connectivity index (χ0n) is 19.8. The first-order chi connectivity index (χ1) is 16.0. The molecule has 1 aliphatic rings. The molecule has 0 bridgehead atoms. The van der Waals surface area contributed by atoms with E-state index >= 15 is 0 Å². The van der Waals surface area contributed by atoms with Crippen LogP contribution in [0.3, 0.4) is 0 Å². The van der Waals surface area contributed by atoms with Crippen LogP contribution >= 0.6 is 11.8 Å². The fraction of sp³-hybridized carbons (Fsp3) is 0.565. The van der Waals surface area contributed by atoms with Gasteiger partial charge in [0.1, 0.15) is 23.2 Å². The summed E-state index contributed by atoms with van der Waals surface area (Å²) >= 11 is 1.20. The van der Waals surface area contributed by atoms with Gasteiger partial charge in [0.25, 0.3) is 0 Å². The maximum absolute atomic E-state index is 12.0. The Morgan fingerprint density at radius 2 is 1.71 bits per heavy atom. The Balaban J connectivity index is 2.57. The summed E-state index contributed by atoms with van der Waals surface area (Å²) in [5.41, 5.74) is 0. The van der Waals surface area contributed by atoms with Crippen LogP contribution in [0, 0.1) is 0 Å². The Morgan fingerprint density at radius 1 is 1.09 bits per heavy atom. The number of rotatable bonds is 9. The van der Waals surface area contributed by atoms with E-state index in [-0.39, 0.29) is 6.42 Å². The standard InChI is InChI=1S/C23H31NO9S/c1-13(30-15(3)27)21(32-17(5)29)22-20(24-14(2)26)19(31-16(4)28)11-23(12-25,33-22)34-18-9-7-6-8-10-18/h6-10,13,19-22,25H,11-12H2,1-5H3,(H,24,26)/t13-,19+,20-,21-,22-,23?/m1/s1. The first-order valence-corrected chi connectivity index (χ1v) is 11.6. The van der Waals surface area contributed by atoms with Gasteiger partial charge in [0.15, 0.2) is 6.10 Å². The number of hydrogen-bond donors (Lipinski definition) is 2. The topological polar surface area (TPSA) is 137 Å². The fourth-order valence-electron chi connectivity index (χ4n) is 3.88. The summed E-state index contributed by atoms with van der Waals surface area (Å²) in [7, 11) is 0. The lowest BCUT2D eigenvalue weighted by Gasteiger charge is -2.49. The van der Waals surface area contributed by atoms with Gasteiger partial charge in [-0.15, -0.1) is 0 Å². The van der Waals surface area contributed by atoms with Gasteiger partial charge in [0.2, 0.25) is 5.91 Å². The summed E-state index contributed by atoms with van der Waals surface area (Å²) in [4.78, 5) is 47.0. The highest BCUT2D eigenvalue weighted by Gasteiger charge is 2.54. The van der Waals surface area contributed by atoms with Crippen molar-refractivity contribution in [2.24, 2.45) is 0 Å². The van der Waals surface area contributed by atoms with E-state index in [2.05, 4.69) is 5.32 Å². The molecule has 34 heavy (non-hydrogen) atoms. The van der Waals surface area contributed by atoms with E-state index in [1.165, 1.54) is 46.4 Å². The lowest BCUT2D eigenvalue weighted by Crippen LogP contribution is -2.66. The van der Waals surface area contributed by atoms with Gasteiger partial charge in [0, 0.05) is 39.0 Å². The van der Waals surface area contributed by atoms with Crippen molar-refractivity contribution in [1.29, 1.82) is 0 Å². The molecule has 1 unspecified atom stereocenters. The molecular formula is C23H31NO9S. The van der Waals surface area contributed by atoms with Crippen LogP contribution < -0.4 is 5.32 Å². The summed E-state index contributed by atoms with van der Waals surface area (Å²) in [6, 6.07) is 8.17. The summed E-state index contributed by atoms with van der Waals surface area (Å²) in [6.07, 6.45) is -4.20. The van der Waals surface area contributed by atoms with Crippen LogP contribution in [0.5, 0.6) is 0 Å². The van der Waals surface area contributed by atoms with Gasteiger partial charge in [-0.3, -0.25) is 19.2 Å². The van der Waals surface area contributed by atoms with E-state index < -0.39 is 65.8 Å². The monoisotopic (exact) mass is 497 g/mol. The molecular weight excluding hydrogens is 466 g/mol. The van der Waals surface area contributed by atoms with Gasteiger partial charge in [-0.05, 0) is 19.1 Å². The molecule has 1 aromatic rings. The molecule has 0 saturated carbocycles. The van der Waals surface area contributed by atoms with E-state index in [4.69, 9.17) is 18.9 Å². The molecule has 1 amide bonds. The summed E-state index contributed by atoms with van der Waals surface area (Å²) in [6.45, 7) is 5.94. The Hall–Kier alpha value is -2.63. The molecule has 10 nitrogen and oxygen atoms in total. The number of thioether (sulfide) groups is 1.